The Bertz CT molecular complexity index is 176. The van der Waals surface area contributed by atoms with Crippen molar-refractivity contribution in [3.8, 4) is 0 Å². The Morgan fingerprint density at radius 3 is 2.64 bits per heavy atom. The molecule has 4 heteroatoms. The summed E-state index contributed by atoms with van der Waals surface area (Å²) < 4.78 is 5.51. The highest BCUT2D eigenvalue weighted by atomic mass is 16.5. The van der Waals surface area contributed by atoms with Crippen LogP contribution in [0.3, 0.4) is 0 Å². The van der Waals surface area contributed by atoms with Crippen molar-refractivity contribution in [2.45, 2.75) is 32.3 Å². The molecule has 14 heavy (non-hydrogen) atoms. The summed E-state index contributed by atoms with van der Waals surface area (Å²) in [5, 5.41) is 8.53. The third-order valence-electron chi connectivity index (χ3n) is 2.58. The van der Waals surface area contributed by atoms with Crippen molar-refractivity contribution in [2.24, 2.45) is 0 Å². The Morgan fingerprint density at radius 2 is 2.14 bits per heavy atom. The Balaban J connectivity index is 2.12. The van der Waals surface area contributed by atoms with Crippen LogP contribution in [0, 0.1) is 0 Å². The Hall–Kier alpha value is -0.610. The SMILES string of the molecule is CCOC1CCN(CCC(=O)O)CC1. The van der Waals surface area contributed by atoms with Crippen molar-refractivity contribution in [2.75, 3.05) is 26.2 Å². The van der Waals surface area contributed by atoms with E-state index in [0.29, 0.717) is 12.6 Å². The molecule has 0 bridgehead atoms. The molecule has 82 valence electrons. The number of carbonyl (C=O) groups is 1. The minimum atomic E-state index is -0.711. The smallest absolute Gasteiger partial charge is 0.304 e. The van der Waals surface area contributed by atoms with Gasteiger partial charge in [-0.25, -0.2) is 0 Å². The standard InChI is InChI=1S/C10H19NO3/c1-2-14-9-3-6-11(7-4-9)8-5-10(12)13/h9H,2-8H2,1H3,(H,12,13). The second kappa shape index (κ2) is 5.98. The fraction of sp³-hybridized carbons (Fsp3) is 0.900. The summed E-state index contributed by atoms with van der Waals surface area (Å²) in [6, 6.07) is 0. The molecule has 0 saturated carbocycles. The largest absolute Gasteiger partial charge is 0.481 e. The van der Waals surface area contributed by atoms with Gasteiger partial charge in [0.15, 0.2) is 0 Å². The van der Waals surface area contributed by atoms with Gasteiger partial charge in [-0.2, -0.15) is 0 Å². The first-order chi connectivity index (χ1) is 6.72. The monoisotopic (exact) mass is 201 g/mol. The number of carboxylic acids is 1. The Labute approximate surface area is 84.8 Å². The van der Waals surface area contributed by atoms with Crippen LogP contribution < -0.4 is 0 Å². The van der Waals surface area contributed by atoms with Gasteiger partial charge in [-0.3, -0.25) is 4.79 Å². The van der Waals surface area contributed by atoms with Crippen LogP contribution in [0.5, 0.6) is 0 Å². The van der Waals surface area contributed by atoms with E-state index in [1.54, 1.807) is 0 Å². The number of rotatable bonds is 5. The number of piperidine rings is 1. The minimum Gasteiger partial charge on any atom is -0.481 e. The quantitative estimate of drug-likeness (QED) is 0.720. The van der Waals surface area contributed by atoms with Crippen molar-refractivity contribution in [3.63, 3.8) is 0 Å². The molecule has 1 fully saturated rings. The van der Waals surface area contributed by atoms with Crippen molar-refractivity contribution >= 4 is 5.97 Å². The summed E-state index contributed by atoms with van der Waals surface area (Å²) in [7, 11) is 0. The molecule has 0 atom stereocenters. The number of aliphatic carboxylic acids is 1. The lowest BCUT2D eigenvalue weighted by atomic mass is 10.1. The summed E-state index contributed by atoms with van der Waals surface area (Å²) >= 11 is 0. The predicted octanol–water partition coefficient (Wildman–Crippen LogP) is 0.962. The van der Waals surface area contributed by atoms with E-state index in [0.717, 1.165) is 32.5 Å². The van der Waals surface area contributed by atoms with E-state index in [9.17, 15) is 4.79 Å². The summed E-state index contributed by atoms with van der Waals surface area (Å²) in [5.41, 5.74) is 0. The van der Waals surface area contributed by atoms with Gasteiger partial charge in [-0.05, 0) is 19.8 Å². The molecular weight excluding hydrogens is 182 g/mol. The van der Waals surface area contributed by atoms with E-state index in [-0.39, 0.29) is 6.42 Å². The summed E-state index contributed by atoms with van der Waals surface area (Å²) in [5.74, 6) is -0.711. The van der Waals surface area contributed by atoms with E-state index in [1.165, 1.54) is 0 Å². The van der Waals surface area contributed by atoms with Gasteiger partial charge in [0, 0.05) is 26.2 Å². The highest BCUT2D eigenvalue weighted by Crippen LogP contribution is 2.13. The molecule has 0 aromatic carbocycles. The first-order valence-electron chi connectivity index (χ1n) is 5.28. The van der Waals surface area contributed by atoms with Gasteiger partial charge < -0.3 is 14.7 Å². The van der Waals surface area contributed by atoms with Gasteiger partial charge in [-0.15, -0.1) is 0 Å². The Kier molecular flexibility index (Phi) is 4.90. The van der Waals surface area contributed by atoms with Crippen LogP contribution in [0.15, 0.2) is 0 Å². The average Bonchev–Trinajstić information content (AvgIpc) is 2.17. The van der Waals surface area contributed by atoms with Gasteiger partial charge in [0.05, 0.1) is 12.5 Å². The first kappa shape index (κ1) is 11.5. The molecule has 1 aliphatic rings. The molecule has 1 aliphatic heterocycles. The van der Waals surface area contributed by atoms with E-state index < -0.39 is 5.97 Å². The van der Waals surface area contributed by atoms with Crippen molar-refractivity contribution in [1.82, 2.24) is 4.90 Å². The fourth-order valence-corrected chi connectivity index (χ4v) is 1.79. The molecule has 0 aromatic rings. The van der Waals surface area contributed by atoms with E-state index >= 15 is 0 Å². The zero-order chi connectivity index (χ0) is 10.4. The summed E-state index contributed by atoms with van der Waals surface area (Å²) in [6.45, 7) is 5.40. The molecule has 0 aromatic heterocycles. The number of nitrogens with zero attached hydrogens (tertiary/aromatic N) is 1. The number of ether oxygens (including phenoxy) is 1. The molecule has 1 heterocycles. The van der Waals surface area contributed by atoms with Gasteiger partial charge in [0.1, 0.15) is 0 Å². The van der Waals surface area contributed by atoms with E-state index in [1.807, 2.05) is 6.92 Å². The van der Waals surface area contributed by atoms with Crippen molar-refractivity contribution in [1.29, 1.82) is 0 Å². The van der Waals surface area contributed by atoms with E-state index in [2.05, 4.69) is 4.90 Å². The number of hydrogen-bond donors (Lipinski definition) is 1. The molecule has 4 nitrogen and oxygen atoms in total. The number of carboxylic acid groups (broad SMARTS) is 1. The van der Waals surface area contributed by atoms with Crippen LogP contribution in [0.1, 0.15) is 26.2 Å². The van der Waals surface area contributed by atoms with Crippen LogP contribution in [-0.4, -0.2) is 48.3 Å². The second-order valence-electron chi connectivity index (χ2n) is 3.64. The molecule has 1 saturated heterocycles. The normalized spacial score (nSPS) is 19.8. The number of hydrogen-bond acceptors (Lipinski definition) is 3. The molecule has 0 radical (unpaired) electrons. The molecule has 0 spiro atoms. The van der Waals surface area contributed by atoms with Gasteiger partial charge in [-0.1, -0.05) is 0 Å². The predicted molar refractivity (Wildman–Crippen MR) is 53.3 cm³/mol. The highest BCUT2D eigenvalue weighted by Gasteiger charge is 2.19. The number of likely N-dealkylation sites (tertiary alicyclic amines) is 1. The maximum atomic E-state index is 10.4. The Morgan fingerprint density at radius 1 is 1.50 bits per heavy atom. The van der Waals surface area contributed by atoms with Crippen molar-refractivity contribution in [3.05, 3.63) is 0 Å². The van der Waals surface area contributed by atoms with Crippen LogP contribution >= 0.6 is 0 Å². The van der Waals surface area contributed by atoms with Crippen LogP contribution in [0.4, 0.5) is 0 Å². The average molecular weight is 201 g/mol. The maximum Gasteiger partial charge on any atom is 0.304 e. The summed E-state index contributed by atoms with van der Waals surface area (Å²) in [4.78, 5) is 12.6. The van der Waals surface area contributed by atoms with Crippen LogP contribution in [0.2, 0.25) is 0 Å². The highest BCUT2D eigenvalue weighted by molar-refractivity contribution is 5.66. The van der Waals surface area contributed by atoms with Crippen LogP contribution in [-0.2, 0) is 9.53 Å². The summed E-state index contributed by atoms with van der Waals surface area (Å²) in [6.07, 6.45) is 2.71. The zero-order valence-corrected chi connectivity index (χ0v) is 8.74. The maximum absolute atomic E-state index is 10.4. The lowest BCUT2D eigenvalue weighted by molar-refractivity contribution is -0.137. The topological polar surface area (TPSA) is 49.8 Å². The third-order valence-corrected chi connectivity index (χ3v) is 2.58. The molecule has 1 N–H and O–H groups in total. The molecule has 1 rings (SSSR count). The van der Waals surface area contributed by atoms with E-state index in [4.69, 9.17) is 9.84 Å². The van der Waals surface area contributed by atoms with Crippen LogP contribution in [0.25, 0.3) is 0 Å². The zero-order valence-electron chi connectivity index (χ0n) is 8.74. The molecular formula is C10H19NO3. The molecule has 0 aliphatic carbocycles. The minimum absolute atomic E-state index is 0.249. The molecule has 0 amide bonds. The molecule has 0 unspecified atom stereocenters. The van der Waals surface area contributed by atoms with Crippen molar-refractivity contribution < 1.29 is 14.6 Å². The van der Waals surface area contributed by atoms with Gasteiger partial charge >= 0.3 is 5.97 Å². The second-order valence-corrected chi connectivity index (χ2v) is 3.64. The fourth-order valence-electron chi connectivity index (χ4n) is 1.79. The lowest BCUT2D eigenvalue weighted by Crippen LogP contribution is -2.38. The van der Waals surface area contributed by atoms with Gasteiger partial charge in [0.25, 0.3) is 0 Å². The third kappa shape index (κ3) is 4.07. The van der Waals surface area contributed by atoms with Gasteiger partial charge in [0.2, 0.25) is 0 Å². The lowest BCUT2D eigenvalue weighted by Gasteiger charge is -2.31. The first-order valence-corrected chi connectivity index (χ1v) is 5.28.